The molecule has 2 atom stereocenters. The van der Waals surface area contributed by atoms with Crippen molar-refractivity contribution in [3.8, 4) is 28.0 Å². The first-order valence-electron chi connectivity index (χ1n) is 8.90. The van der Waals surface area contributed by atoms with Crippen LogP contribution in [0.5, 0.6) is 5.75 Å². The van der Waals surface area contributed by atoms with Gasteiger partial charge in [-0.1, -0.05) is 42.8 Å². The van der Waals surface area contributed by atoms with Gasteiger partial charge in [0.15, 0.2) is 6.23 Å². The smallest absolute Gasteiger partial charge is 0.160 e. The van der Waals surface area contributed by atoms with E-state index < -0.39 is 6.23 Å². The number of fused-ring (bicyclic) bond motifs is 3. The molecule has 4 rings (SSSR count). The van der Waals surface area contributed by atoms with Crippen LogP contribution in [-0.2, 0) is 0 Å². The predicted molar refractivity (Wildman–Crippen MR) is 113 cm³/mol. The van der Waals surface area contributed by atoms with Crippen molar-refractivity contribution in [3.63, 3.8) is 0 Å². The second kappa shape index (κ2) is 7.17. The summed E-state index contributed by atoms with van der Waals surface area (Å²) in [5, 5.41) is 29.8. The summed E-state index contributed by atoms with van der Waals surface area (Å²) in [6.07, 6.45) is 0.197. The molecule has 1 aliphatic rings. The van der Waals surface area contributed by atoms with Crippen molar-refractivity contribution in [3.05, 3.63) is 57.2 Å². The molecule has 0 fully saturated rings. The maximum atomic E-state index is 10.7. The third-order valence-corrected chi connectivity index (χ3v) is 6.38. The van der Waals surface area contributed by atoms with E-state index in [0.717, 1.165) is 33.6 Å². The number of aliphatic hydroxyl groups is 1. The van der Waals surface area contributed by atoms with Gasteiger partial charge in [0.05, 0.1) is 15.6 Å². The Balaban J connectivity index is 1.90. The van der Waals surface area contributed by atoms with E-state index in [1.54, 1.807) is 0 Å². The minimum atomic E-state index is -0.800. The highest BCUT2D eigenvalue weighted by Crippen LogP contribution is 2.52. The van der Waals surface area contributed by atoms with Gasteiger partial charge >= 0.3 is 0 Å². The van der Waals surface area contributed by atoms with Crippen molar-refractivity contribution >= 4 is 28.6 Å². The molecule has 4 nitrogen and oxygen atoms in total. The second-order valence-electron chi connectivity index (χ2n) is 6.62. The normalized spacial score (nSPS) is 16.4. The van der Waals surface area contributed by atoms with Crippen molar-refractivity contribution in [1.29, 1.82) is 0 Å². The van der Waals surface area contributed by atoms with Crippen molar-refractivity contribution in [1.82, 2.24) is 5.32 Å². The van der Waals surface area contributed by atoms with Crippen LogP contribution in [0.15, 0.2) is 41.8 Å². The van der Waals surface area contributed by atoms with Gasteiger partial charge in [0, 0.05) is 28.8 Å². The molecule has 4 N–H and O–H groups in total. The molecule has 6 heteroatoms. The molecule has 1 aliphatic heterocycles. The number of aromatic hydroxyl groups is 1. The van der Waals surface area contributed by atoms with Gasteiger partial charge in [0.2, 0.25) is 0 Å². The molecule has 2 heterocycles. The Bertz CT molecular complexity index is 981. The average molecular weight is 401 g/mol. The molecule has 0 radical (unpaired) electrons. The number of anilines is 1. The summed E-state index contributed by atoms with van der Waals surface area (Å²) in [6, 6.07) is 12.0. The van der Waals surface area contributed by atoms with Crippen molar-refractivity contribution in [2.75, 3.05) is 12.4 Å². The second-order valence-corrected chi connectivity index (χ2v) is 7.97. The van der Waals surface area contributed by atoms with Crippen molar-refractivity contribution < 1.29 is 10.2 Å². The van der Waals surface area contributed by atoms with E-state index in [4.69, 9.17) is 11.6 Å². The Morgan fingerprint density at radius 3 is 2.63 bits per heavy atom. The standard InChI is InChI=1S/C21H21ClN2O2S/c1-3-15(23-2)11-4-6-12(7-5-11)17-16(25)10-14(22)19-18(17)13-8-9-27-20(13)21(26)24-19/h4-10,15,21,23-26H,3H2,1-2H3/t15?,21-/m0/s1. The topological polar surface area (TPSA) is 64.5 Å². The Kier molecular flexibility index (Phi) is 4.86. The monoisotopic (exact) mass is 400 g/mol. The fourth-order valence-electron chi connectivity index (χ4n) is 3.77. The third kappa shape index (κ3) is 3.01. The Hall–Kier alpha value is -2.05. The highest BCUT2D eigenvalue weighted by Gasteiger charge is 2.30. The van der Waals surface area contributed by atoms with E-state index in [9.17, 15) is 10.2 Å². The van der Waals surface area contributed by atoms with Crippen LogP contribution in [0.1, 0.15) is 36.1 Å². The zero-order valence-corrected chi connectivity index (χ0v) is 16.7. The minimum absolute atomic E-state index is 0.127. The molecule has 0 saturated heterocycles. The molecular weight excluding hydrogens is 380 g/mol. The van der Waals surface area contributed by atoms with E-state index in [1.165, 1.54) is 23.0 Å². The van der Waals surface area contributed by atoms with E-state index in [2.05, 4.69) is 29.7 Å². The molecule has 0 saturated carbocycles. The maximum absolute atomic E-state index is 10.7. The number of phenols is 1. The molecule has 0 spiro atoms. The first-order chi connectivity index (χ1) is 13.0. The lowest BCUT2D eigenvalue weighted by atomic mass is 9.89. The molecule has 0 bridgehead atoms. The number of phenolic OH excluding ortho intramolecular Hbond substituents is 1. The molecule has 2 aromatic carbocycles. The molecule has 1 aromatic heterocycles. The Morgan fingerprint density at radius 1 is 1.22 bits per heavy atom. The largest absolute Gasteiger partial charge is 0.507 e. The molecule has 140 valence electrons. The van der Waals surface area contributed by atoms with Gasteiger partial charge in [-0.2, -0.15) is 0 Å². The van der Waals surface area contributed by atoms with E-state index >= 15 is 0 Å². The van der Waals surface area contributed by atoms with E-state index in [-0.39, 0.29) is 5.75 Å². The highest BCUT2D eigenvalue weighted by atomic mass is 35.5. The van der Waals surface area contributed by atoms with Crippen LogP contribution >= 0.6 is 22.9 Å². The fourth-order valence-corrected chi connectivity index (χ4v) is 4.86. The van der Waals surface area contributed by atoms with Crippen LogP contribution in [0.3, 0.4) is 0 Å². The van der Waals surface area contributed by atoms with Crippen molar-refractivity contribution in [2.45, 2.75) is 25.6 Å². The lowest BCUT2D eigenvalue weighted by Gasteiger charge is -2.27. The Morgan fingerprint density at radius 2 is 1.96 bits per heavy atom. The minimum Gasteiger partial charge on any atom is -0.507 e. The molecule has 27 heavy (non-hydrogen) atoms. The van der Waals surface area contributed by atoms with Gasteiger partial charge in [-0.05, 0) is 36.0 Å². The number of rotatable bonds is 4. The number of halogens is 1. The number of hydrogen-bond acceptors (Lipinski definition) is 5. The third-order valence-electron chi connectivity index (χ3n) is 5.11. The van der Waals surface area contributed by atoms with Gasteiger partial charge in [-0.15, -0.1) is 11.3 Å². The van der Waals surface area contributed by atoms with Gasteiger partial charge < -0.3 is 20.8 Å². The summed E-state index contributed by atoms with van der Waals surface area (Å²) in [6.45, 7) is 2.14. The van der Waals surface area contributed by atoms with Gasteiger partial charge in [-0.25, -0.2) is 0 Å². The molecule has 1 unspecified atom stereocenters. The molecule has 3 aromatic rings. The first kappa shape index (κ1) is 18.3. The van der Waals surface area contributed by atoms with Crippen LogP contribution in [0, 0.1) is 0 Å². The molecule has 0 amide bonds. The van der Waals surface area contributed by atoms with Gasteiger partial charge in [0.25, 0.3) is 0 Å². The zero-order chi connectivity index (χ0) is 19.1. The SMILES string of the molecule is CCC(NC)c1ccc(-c2c(O)cc(Cl)c3c2-c2ccsc2[C@H](O)N3)cc1. The highest BCUT2D eigenvalue weighted by molar-refractivity contribution is 7.10. The number of aliphatic hydroxyl groups excluding tert-OH is 1. The number of thiophene rings is 1. The molecular formula is C21H21ClN2O2S. The number of hydrogen-bond donors (Lipinski definition) is 4. The van der Waals surface area contributed by atoms with Gasteiger partial charge in [0.1, 0.15) is 5.75 Å². The quantitative estimate of drug-likeness (QED) is 0.435. The zero-order valence-electron chi connectivity index (χ0n) is 15.1. The fraction of sp³-hybridized carbons (Fsp3) is 0.238. The Labute approximate surface area is 167 Å². The summed E-state index contributed by atoms with van der Waals surface area (Å²) in [5.74, 6) is 0.127. The van der Waals surface area contributed by atoms with E-state index in [1.807, 2.05) is 30.6 Å². The number of nitrogens with one attached hydrogen (secondary N) is 2. The van der Waals surface area contributed by atoms with Crippen LogP contribution in [-0.4, -0.2) is 17.3 Å². The van der Waals surface area contributed by atoms with Crippen LogP contribution in [0.25, 0.3) is 22.3 Å². The summed E-state index contributed by atoms with van der Waals surface area (Å²) >= 11 is 7.85. The van der Waals surface area contributed by atoms with Crippen LogP contribution in [0.2, 0.25) is 5.02 Å². The van der Waals surface area contributed by atoms with Gasteiger partial charge in [-0.3, -0.25) is 0 Å². The summed E-state index contributed by atoms with van der Waals surface area (Å²) in [5.41, 5.74) is 5.21. The van der Waals surface area contributed by atoms with Crippen LogP contribution in [0.4, 0.5) is 5.69 Å². The summed E-state index contributed by atoms with van der Waals surface area (Å²) < 4.78 is 0. The lowest BCUT2D eigenvalue weighted by molar-refractivity contribution is 0.211. The molecule has 0 aliphatic carbocycles. The summed E-state index contributed by atoms with van der Waals surface area (Å²) in [7, 11) is 1.96. The van der Waals surface area contributed by atoms with Crippen molar-refractivity contribution in [2.24, 2.45) is 0 Å². The van der Waals surface area contributed by atoms with Crippen LogP contribution < -0.4 is 10.6 Å². The van der Waals surface area contributed by atoms with E-state index in [0.29, 0.717) is 16.8 Å². The average Bonchev–Trinajstić information content (AvgIpc) is 3.15. The lowest BCUT2D eigenvalue weighted by Crippen LogP contribution is -2.15. The first-order valence-corrected chi connectivity index (χ1v) is 10.2. The summed E-state index contributed by atoms with van der Waals surface area (Å²) in [4.78, 5) is 0.822. The predicted octanol–water partition coefficient (Wildman–Crippen LogP) is 5.53. The maximum Gasteiger partial charge on any atom is 0.160 e. The number of benzene rings is 2.